The summed E-state index contributed by atoms with van der Waals surface area (Å²) < 4.78 is 16.2. The lowest BCUT2D eigenvalue weighted by Gasteiger charge is -2.17. The van der Waals surface area contributed by atoms with E-state index in [4.69, 9.17) is 19.3 Å². The molecule has 0 aliphatic heterocycles. The molecule has 0 heterocycles. The van der Waals surface area contributed by atoms with Crippen molar-refractivity contribution in [3.8, 4) is 17.2 Å². The Hall–Kier alpha value is -3.24. The van der Waals surface area contributed by atoms with Gasteiger partial charge in [-0.05, 0) is 70.7 Å². The van der Waals surface area contributed by atoms with Crippen molar-refractivity contribution >= 4 is 11.1 Å². The smallest absolute Gasteiger partial charge is 0.119 e. The van der Waals surface area contributed by atoms with Gasteiger partial charge in [0.25, 0.3) is 0 Å². The Balaban J connectivity index is 2.11. The van der Waals surface area contributed by atoms with E-state index in [0.717, 1.165) is 40.4 Å². The lowest BCUT2D eigenvalue weighted by Crippen LogP contribution is -2.01. The molecule has 0 aliphatic rings. The molecule has 4 nitrogen and oxygen atoms in total. The third-order valence-electron chi connectivity index (χ3n) is 4.98. The van der Waals surface area contributed by atoms with Gasteiger partial charge < -0.3 is 19.3 Å². The van der Waals surface area contributed by atoms with E-state index >= 15 is 0 Å². The van der Waals surface area contributed by atoms with Crippen LogP contribution in [0.4, 0.5) is 0 Å². The second-order valence-electron chi connectivity index (χ2n) is 6.76. The summed E-state index contributed by atoms with van der Waals surface area (Å²) in [5.74, 6) is 2.41. The maximum absolute atomic E-state index is 8.96. The fraction of sp³-hybridized carbons (Fsp3) is 0.231. The molecule has 0 bridgehead atoms. The normalized spacial score (nSPS) is 10.4. The Morgan fingerprint density at radius 1 is 0.667 bits per heavy atom. The number of hydrogen-bond donors (Lipinski definition) is 1. The Bertz CT molecular complexity index is 906. The molecule has 156 valence electrons. The van der Waals surface area contributed by atoms with Crippen LogP contribution in [0.5, 0.6) is 17.2 Å². The van der Waals surface area contributed by atoms with Crippen LogP contribution in [0, 0.1) is 0 Å². The molecule has 0 aliphatic carbocycles. The first kappa shape index (κ1) is 21.5. The summed E-state index contributed by atoms with van der Waals surface area (Å²) in [7, 11) is 3.35. The van der Waals surface area contributed by atoms with Crippen molar-refractivity contribution in [1.29, 1.82) is 0 Å². The zero-order valence-corrected chi connectivity index (χ0v) is 17.7. The molecule has 0 saturated carbocycles. The number of hydrogen-bond acceptors (Lipinski definition) is 4. The molecule has 0 fully saturated rings. The third-order valence-corrected chi connectivity index (χ3v) is 4.98. The zero-order chi connectivity index (χ0) is 21.3. The van der Waals surface area contributed by atoms with E-state index in [1.807, 2.05) is 36.4 Å². The molecule has 1 N–H and O–H groups in total. The Labute approximate surface area is 178 Å². The van der Waals surface area contributed by atoms with Gasteiger partial charge in [0.1, 0.15) is 23.9 Å². The molecule has 0 aromatic heterocycles. The number of allylic oxidation sites excluding steroid dienone is 1. The van der Waals surface area contributed by atoms with Crippen LogP contribution in [0.1, 0.15) is 30.0 Å². The topological polar surface area (TPSA) is 47.9 Å². The van der Waals surface area contributed by atoms with Crippen LogP contribution in [0.15, 0.2) is 72.8 Å². The summed E-state index contributed by atoms with van der Waals surface area (Å²) >= 11 is 0. The number of methoxy groups -OCH3 is 2. The highest BCUT2D eigenvalue weighted by Crippen LogP contribution is 2.36. The van der Waals surface area contributed by atoms with E-state index in [1.165, 1.54) is 11.1 Å². The molecule has 0 unspecified atom stereocenters. The van der Waals surface area contributed by atoms with Crippen molar-refractivity contribution < 1.29 is 19.3 Å². The summed E-state index contributed by atoms with van der Waals surface area (Å²) in [5, 5.41) is 8.96. The van der Waals surface area contributed by atoms with Gasteiger partial charge in [-0.25, -0.2) is 0 Å². The molecule has 4 heteroatoms. The van der Waals surface area contributed by atoms with Crippen LogP contribution < -0.4 is 14.2 Å². The highest BCUT2D eigenvalue weighted by molar-refractivity contribution is 5.98. The molecule has 30 heavy (non-hydrogen) atoms. The summed E-state index contributed by atoms with van der Waals surface area (Å²) in [4.78, 5) is 0. The highest BCUT2D eigenvalue weighted by atomic mass is 16.5. The van der Waals surface area contributed by atoms with Gasteiger partial charge in [-0.3, -0.25) is 0 Å². The summed E-state index contributed by atoms with van der Waals surface area (Å²) in [6.07, 6.45) is 0.865. The van der Waals surface area contributed by atoms with Gasteiger partial charge >= 0.3 is 0 Å². The average Bonchev–Trinajstić information content (AvgIpc) is 2.82. The Kier molecular flexibility index (Phi) is 7.52. The second kappa shape index (κ2) is 10.5. The summed E-state index contributed by atoms with van der Waals surface area (Å²) in [6.45, 7) is 2.46. The van der Waals surface area contributed by atoms with E-state index in [2.05, 4.69) is 43.3 Å². The molecular formula is C26H28O4. The van der Waals surface area contributed by atoms with Gasteiger partial charge in [0.2, 0.25) is 0 Å². The lowest BCUT2D eigenvalue weighted by molar-refractivity contribution is 0.201. The van der Waals surface area contributed by atoms with Crippen LogP contribution in [-0.2, 0) is 0 Å². The van der Waals surface area contributed by atoms with Gasteiger partial charge in [0.15, 0.2) is 0 Å². The molecule has 3 rings (SSSR count). The molecular weight excluding hydrogens is 376 g/mol. The van der Waals surface area contributed by atoms with E-state index in [9.17, 15) is 0 Å². The summed E-state index contributed by atoms with van der Waals surface area (Å²) in [5.41, 5.74) is 5.79. The molecule has 0 atom stereocenters. The van der Waals surface area contributed by atoms with Crippen LogP contribution in [-0.4, -0.2) is 32.5 Å². The van der Waals surface area contributed by atoms with E-state index in [-0.39, 0.29) is 6.61 Å². The van der Waals surface area contributed by atoms with Crippen molar-refractivity contribution in [1.82, 2.24) is 0 Å². The first-order valence-electron chi connectivity index (χ1n) is 10.1. The van der Waals surface area contributed by atoms with E-state index in [1.54, 1.807) is 14.2 Å². The maximum Gasteiger partial charge on any atom is 0.119 e. The number of benzene rings is 3. The fourth-order valence-corrected chi connectivity index (χ4v) is 3.47. The SMILES string of the molecule is CCC(=C(c1ccc(OC)cc1)c1ccc(OC)cc1)c1ccc(OCCO)cc1. The minimum atomic E-state index is 0.000944. The lowest BCUT2D eigenvalue weighted by atomic mass is 9.88. The van der Waals surface area contributed by atoms with Gasteiger partial charge in [-0.2, -0.15) is 0 Å². The van der Waals surface area contributed by atoms with Gasteiger partial charge in [0, 0.05) is 0 Å². The van der Waals surface area contributed by atoms with Crippen LogP contribution in [0.2, 0.25) is 0 Å². The standard InChI is InChI=1S/C26H28O4/c1-4-25(19-5-15-24(16-6-19)30-18-17-27)26(20-7-11-22(28-2)12-8-20)21-9-13-23(29-3)14-10-21/h5-16,27H,4,17-18H2,1-3H3. The molecule has 0 spiro atoms. The third kappa shape index (κ3) is 5.02. The number of aliphatic hydroxyl groups is 1. The van der Waals surface area contributed by atoms with Gasteiger partial charge in [0.05, 0.1) is 20.8 Å². The van der Waals surface area contributed by atoms with Crippen LogP contribution >= 0.6 is 0 Å². The predicted octanol–water partition coefficient (Wildman–Crippen LogP) is 5.44. The summed E-state index contributed by atoms with van der Waals surface area (Å²) in [6, 6.07) is 24.3. The Morgan fingerprint density at radius 2 is 1.10 bits per heavy atom. The molecule has 3 aromatic rings. The van der Waals surface area contributed by atoms with Gasteiger partial charge in [-0.15, -0.1) is 0 Å². The molecule has 0 saturated heterocycles. The van der Waals surface area contributed by atoms with Crippen LogP contribution in [0.3, 0.4) is 0 Å². The average molecular weight is 405 g/mol. The number of aliphatic hydroxyl groups excluding tert-OH is 1. The minimum absolute atomic E-state index is 0.000944. The first-order chi connectivity index (χ1) is 14.7. The predicted molar refractivity (Wildman–Crippen MR) is 121 cm³/mol. The largest absolute Gasteiger partial charge is 0.497 e. The van der Waals surface area contributed by atoms with E-state index < -0.39 is 0 Å². The number of ether oxygens (including phenoxy) is 3. The van der Waals surface area contributed by atoms with E-state index in [0.29, 0.717) is 6.61 Å². The van der Waals surface area contributed by atoms with Crippen molar-refractivity contribution in [2.45, 2.75) is 13.3 Å². The van der Waals surface area contributed by atoms with Crippen molar-refractivity contribution in [2.75, 3.05) is 27.4 Å². The molecule has 0 radical (unpaired) electrons. The van der Waals surface area contributed by atoms with Crippen molar-refractivity contribution in [2.24, 2.45) is 0 Å². The van der Waals surface area contributed by atoms with Crippen LogP contribution in [0.25, 0.3) is 11.1 Å². The fourth-order valence-electron chi connectivity index (χ4n) is 3.47. The zero-order valence-electron chi connectivity index (χ0n) is 17.7. The highest BCUT2D eigenvalue weighted by Gasteiger charge is 2.14. The minimum Gasteiger partial charge on any atom is -0.497 e. The Morgan fingerprint density at radius 3 is 1.50 bits per heavy atom. The monoisotopic (exact) mass is 404 g/mol. The molecule has 3 aromatic carbocycles. The molecule has 0 amide bonds. The van der Waals surface area contributed by atoms with Gasteiger partial charge in [-0.1, -0.05) is 43.3 Å². The quantitative estimate of drug-likeness (QED) is 0.482. The maximum atomic E-state index is 8.96. The second-order valence-corrected chi connectivity index (χ2v) is 6.76. The van der Waals surface area contributed by atoms with Crippen molar-refractivity contribution in [3.63, 3.8) is 0 Å². The van der Waals surface area contributed by atoms with Crippen molar-refractivity contribution in [3.05, 3.63) is 89.5 Å². The first-order valence-corrected chi connectivity index (χ1v) is 10.1. The number of rotatable bonds is 9.